The number of hydrogen-bond donors (Lipinski definition) is 0. The van der Waals surface area contributed by atoms with Crippen LogP contribution >= 0.6 is 0 Å². The summed E-state index contributed by atoms with van der Waals surface area (Å²) >= 11 is 0. The van der Waals surface area contributed by atoms with Crippen LogP contribution in [0.4, 0.5) is 0 Å². The van der Waals surface area contributed by atoms with Crippen molar-refractivity contribution in [2.75, 3.05) is 0 Å². The molecule has 1 aromatic rings. The van der Waals surface area contributed by atoms with Gasteiger partial charge in [-0.1, -0.05) is 6.92 Å². The number of nitriles is 2. The maximum atomic E-state index is 12.7. The lowest BCUT2D eigenvalue weighted by Crippen LogP contribution is -2.38. The van der Waals surface area contributed by atoms with Crippen molar-refractivity contribution < 1.29 is 9.53 Å². The lowest BCUT2D eigenvalue weighted by molar-refractivity contribution is -0.125. The van der Waals surface area contributed by atoms with E-state index in [-0.39, 0.29) is 5.91 Å². The summed E-state index contributed by atoms with van der Waals surface area (Å²) in [7, 11) is 0. The number of amidine groups is 1. The Kier molecular flexibility index (Phi) is 5.24. The van der Waals surface area contributed by atoms with Gasteiger partial charge in [0.25, 0.3) is 0 Å². The molecular formula is C19H20N4O2. The Hall–Kier alpha value is -3.12. The Labute approximate surface area is 147 Å². The smallest absolute Gasteiger partial charge is 0.232 e. The molecule has 25 heavy (non-hydrogen) atoms. The zero-order valence-electron chi connectivity index (χ0n) is 14.8. The number of fused-ring (bicyclic) bond motifs is 1. The van der Waals surface area contributed by atoms with Crippen LogP contribution in [0.3, 0.4) is 0 Å². The van der Waals surface area contributed by atoms with Crippen LogP contribution in [0.5, 0.6) is 5.75 Å². The summed E-state index contributed by atoms with van der Waals surface area (Å²) in [5.41, 5.74) is 1.04. The van der Waals surface area contributed by atoms with Gasteiger partial charge in [0, 0.05) is 12.0 Å². The Balaban J connectivity index is 2.68. The monoisotopic (exact) mass is 336 g/mol. The van der Waals surface area contributed by atoms with Gasteiger partial charge >= 0.3 is 0 Å². The maximum Gasteiger partial charge on any atom is 0.232 e. The molecule has 128 valence electrons. The fraction of sp³-hybridized carbons (Fsp3) is 0.368. The van der Waals surface area contributed by atoms with Gasteiger partial charge in [-0.25, -0.2) is 0 Å². The first kappa shape index (κ1) is 18.2. The van der Waals surface area contributed by atoms with Crippen molar-refractivity contribution in [1.29, 1.82) is 10.5 Å². The molecule has 0 N–H and O–H groups in total. The first-order valence-corrected chi connectivity index (χ1v) is 8.05. The average molecular weight is 336 g/mol. The van der Waals surface area contributed by atoms with Crippen LogP contribution in [0.2, 0.25) is 0 Å². The minimum atomic E-state index is -0.645. The number of benzene rings is 1. The van der Waals surface area contributed by atoms with E-state index in [9.17, 15) is 10.1 Å². The highest BCUT2D eigenvalue weighted by molar-refractivity contribution is 6.06. The van der Waals surface area contributed by atoms with E-state index in [0.29, 0.717) is 41.3 Å². The quantitative estimate of drug-likeness (QED) is 0.479. The second-order valence-corrected chi connectivity index (χ2v) is 6.30. The van der Waals surface area contributed by atoms with E-state index in [1.807, 2.05) is 26.8 Å². The summed E-state index contributed by atoms with van der Waals surface area (Å²) in [5.74, 6) is 0.718. The molecule has 0 saturated carbocycles. The molecular weight excluding hydrogens is 316 g/mol. The zero-order valence-corrected chi connectivity index (χ0v) is 14.8. The van der Waals surface area contributed by atoms with Gasteiger partial charge in [0.05, 0.1) is 17.3 Å². The highest BCUT2D eigenvalue weighted by atomic mass is 16.5. The molecule has 0 radical (unpaired) electrons. The molecule has 6 heteroatoms. The minimum Gasteiger partial charge on any atom is -0.483 e. The van der Waals surface area contributed by atoms with Crippen molar-refractivity contribution in [3.63, 3.8) is 0 Å². The molecule has 0 spiro atoms. The molecule has 0 aliphatic carbocycles. The number of nitrogens with zero attached hydrogens (tertiary/aromatic N) is 4. The molecule has 1 aromatic carbocycles. The predicted molar refractivity (Wildman–Crippen MR) is 94.3 cm³/mol. The standard InChI is InChI=1S/C19H20N4O2/c1-5-6-18(24)23(13(2)22-12-21)16-10-19(3,4)25-17-8-7-14(11-20)9-15(16)17/h7-10H,5-6H2,1-4H3. The summed E-state index contributed by atoms with van der Waals surface area (Å²) in [6.45, 7) is 7.30. The fourth-order valence-corrected chi connectivity index (χ4v) is 2.73. The van der Waals surface area contributed by atoms with E-state index in [1.54, 1.807) is 31.3 Å². The molecule has 1 amide bonds. The van der Waals surface area contributed by atoms with E-state index >= 15 is 0 Å². The normalized spacial score (nSPS) is 15.1. The van der Waals surface area contributed by atoms with Gasteiger partial charge in [0.1, 0.15) is 17.2 Å². The number of hydrogen-bond acceptors (Lipinski definition) is 5. The van der Waals surface area contributed by atoms with E-state index in [4.69, 9.17) is 10.00 Å². The number of carbonyl (C=O) groups excluding carboxylic acids is 1. The molecule has 0 saturated heterocycles. The van der Waals surface area contributed by atoms with Crippen LogP contribution in [0.1, 0.15) is 51.7 Å². The van der Waals surface area contributed by atoms with Gasteiger partial charge in [0.2, 0.25) is 12.1 Å². The molecule has 0 unspecified atom stereocenters. The average Bonchev–Trinajstić information content (AvgIpc) is 2.54. The summed E-state index contributed by atoms with van der Waals surface area (Å²) < 4.78 is 5.95. The van der Waals surface area contributed by atoms with E-state index < -0.39 is 5.60 Å². The molecule has 2 rings (SSSR count). The highest BCUT2D eigenvalue weighted by Gasteiger charge is 2.32. The third-order valence-corrected chi connectivity index (χ3v) is 3.73. The van der Waals surface area contributed by atoms with Crippen LogP contribution in [0, 0.1) is 22.8 Å². The minimum absolute atomic E-state index is 0.156. The van der Waals surface area contributed by atoms with Gasteiger partial charge in [0.15, 0.2) is 0 Å². The van der Waals surface area contributed by atoms with Crippen molar-refractivity contribution in [3.05, 3.63) is 35.4 Å². The van der Waals surface area contributed by atoms with Gasteiger partial charge in [-0.15, -0.1) is 0 Å². The van der Waals surface area contributed by atoms with E-state index in [1.165, 1.54) is 4.90 Å². The van der Waals surface area contributed by atoms with Gasteiger partial charge < -0.3 is 4.74 Å². The first-order chi connectivity index (χ1) is 11.8. The number of carbonyl (C=O) groups is 1. The van der Waals surface area contributed by atoms with Gasteiger partial charge in [-0.3, -0.25) is 9.69 Å². The molecule has 0 aromatic heterocycles. The third kappa shape index (κ3) is 3.87. The SMILES string of the molecule is CCCC(=O)N(C1=CC(C)(C)Oc2ccc(C#N)cc21)C(C)=NC#N. The van der Waals surface area contributed by atoms with Crippen molar-refractivity contribution in [3.8, 4) is 18.0 Å². The molecule has 0 atom stereocenters. The molecule has 6 nitrogen and oxygen atoms in total. The summed E-state index contributed by atoms with van der Waals surface area (Å²) in [6, 6.07) is 7.18. The Morgan fingerprint density at radius 1 is 1.36 bits per heavy atom. The molecule has 1 aliphatic rings. The number of rotatable bonds is 3. The van der Waals surface area contributed by atoms with Crippen molar-refractivity contribution >= 4 is 17.4 Å². The Morgan fingerprint density at radius 3 is 2.68 bits per heavy atom. The summed E-state index contributed by atoms with van der Waals surface area (Å²) in [6.07, 6.45) is 4.55. The second kappa shape index (κ2) is 7.19. The molecule has 1 aliphatic heterocycles. The third-order valence-electron chi connectivity index (χ3n) is 3.73. The summed E-state index contributed by atoms with van der Waals surface area (Å²) in [4.78, 5) is 17.9. The lowest BCUT2D eigenvalue weighted by atomic mass is 9.96. The topological polar surface area (TPSA) is 89.5 Å². The van der Waals surface area contributed by atoms with Crippen molar-refractivity contribution in [2.24, 2.45) is 4.99 Å². The highest BCUT2D eigenvalue weighted by Crippen LogP contribution is 2.38. The largest absolute Gasteiger partial charge is 0.483 e. The zero-order chi connectivity index (χ0) is 18.6. The predicted octanol–water partition coefficient (Wildman–Crippen LogP) is 3.60. The van der Waals surface area contributed by atoms with E-state index in [0.717, 1.165) is 0 Å². The molecule has 1 heterocycles. The first-order valence-electron chi connectivity index (χ1n) is 8.05. The van der Waals surface area contributed by atoms with Crippen LogP contribution < -0.4 is 4.74 Å². The number of amides is 1. The molecule has 0 bridgehead atoms. The number of ether oxygens (including phenoxy) is 1. The van der Waals surface area contributed by atoms with Crippen molar-refractivity contribution in [1.82, 2.24) is 4.90 Å². The number of aliphatic imine (C=N–C) groups is 1. The van der Waals surface area contributed by atoms with E-state index in [2.05, 4.69) is 11.1 Å². The maximum absolute atomic E-state index is 12.7. The Morgan fingerprint density at radius 2 is 2.08 bits per heavy atom. The Bertz CT molecular complexity index is 838. The van der Waals surface area contributed by atoms with Crippen LogP contribution in [0.25, 0.3) is 5.70 Å². The van der Waals surface area contributed by atoms with Gasteiger partial charge in [-0.2, -0.15) is 15.5 Å². The summed E-state index contributed by atoms with van der Waals surface area (Å²) in [5, 5.41) is 18.1. The lowest BCUT2D eigenvalue weighted by Gasteiger charge is -2.35. The van der Waals surface area contributed by atoms with Gasteiger partial charge in [-0.05, 0) is 51.5 Å². The van der Waals surface area contributed by atoms with Crippen LogP contribution in [0.15, 0.2) is 29.3 Å². The van der Waals surface area contributed by atoms with Crippen LogP contribution in [-0.4, -0.2) is 22.2 Å². The second-order valence-electron chi connectivity index (χ2n) is 6.30. The molecule has 0 fully saturated rings. The van der Waals surface area contributed by atoms with Crippen molar-refractivity contribution in [2.45, 2.75) is 46.1 Å². The fourth-order valence-electron chi connectivity index (χ4n) is 2.73. The van der Waals surface area contributed by atoms with Crippen LogP contribution in [-0.2, 0) is 4.79 Å².